The van der Waals surface area contributed by atoms with Crippen LogP contribution in [0.2, 0.25) is 0 Å². The molecule has 0 aliphatic carbocycles. The zero-order valence-electron chi connectivity index (χ0n) is 15.2. The van der Waals surface area contributed by atoms with Crippen LogP contribution in [0.1, 0.15) is 18.4 Å². The summed E-state index contributed by atoms with van der Waals surface area (Å²) in [6.07, 6.45) is 2.18. The molecule has 0 spiro atoms. The van der Waals surface area contributed by atoms with Crippen molar-refractivity contribution in [2.75, 3.05) is 45.9 Å². The lowest BCUT2D eigenvalue weighted by Gasteiger charge is -2.33. The van der Waals surface area contributed by atoms with Gasteiger partial charge in [-0.05, 0) is 31.9 Å². The largest absolute Gasteiger partial charge is 0.376 e. The van der Waals surface area contributed by atoms with Gasteiger partial charge in [-0.15, -0.1) is 0 Å². The van der Waals surface area contributed by atoms with Gasteiger partial charge >= 0.3 is 0 Å². The number of carbonyl (C=O) groups excluding carboxylic acids is 1. The number of ether oxygens (including phenoxy) is 1. The first-order valence-corrected chi connectivity index (χ1v) is 10.6. The Morgan fingerprint density at radius 1 is 1.19 bits per heavy atom. The van der Waals surface area contributed by atoms with Crippen molar-refractivity contribution < 1.29 is 17.9 Å². The highest BCUT2D eigenvalue weighted by Crippen LogP contribution is 2.18. The average Bonchev–Trinajstić information content (AvgIpc) is 3.14. The van der Waals surface area contributed by atoms with Crippen molar-refractivity contribution in [2.45, 2.75) is 30.8 Å². The Hall–Kier alpha value is -1.48. The van der Waals surface area contributed by atoms with Gasteiger partial charge in [0.05, 0.1) is 17.5 Å². The van der Waals surface area contributed by atoms with E-state index in [0.29, 0.717) is 44.2 Å². The summed E-state index contributed by atoms with van der Waals surface area (Å²) in [6.45, 7) is 5.46. The average molecular weight is 381 g/mol. The zero-order chi connectivity index (χ0) is 18.6. The minimum Gasteiger partial charge on any atom is -0.376 e. The van der Waals surface area contributed by atoms with E-state index in [4.69, 9.17) is 4.74 Å². The van der Waals surface area contributed by atoms with Crippen molar-refractivity contribution in [3.8, 4) is 0 Å². The van der Waals surface area contributed by atoms with Crippen molar-refractivity contribution in [2.24, 2.45) is 0 Å². The van der Waals surface area contributed by atoms with E-state index in [0.717, 1.165) is 25.0 Å². The molecule has 2 aliphatic heterocycles. The van der Waals surface area contributed by atoms with Crippen molar-refractivity contribution in [1.82, 2.24) is 14.5 Å². The van der Waals surface area contributed by atoms with E-state index in [1.165, 1.54) is 4.31 Å². The van der Waals surface area contributed by atoms with E-state index >= 15 is 0 Å². The Kier molecular flexibility index (Phi) is 6.29. The van der Waals surface area contributed by atoms with Gasteiger partial charge in [0.15, 0.2) is 0 Å². The Morgan fingerprint density at radius 3 is 2.50 bits per heavy atom. The van der Waals surface area contributed by atoms with Crippen molar-refractivity contribution in [1.29, 1.82) is 0 Å². The number of benzene rings is 1. The second-order valence-corrected chi connectivity index (χ2v) is 8.87. The Balaban J connectivity index is 1.46. The van der Waals surface area contributed by atoms with E-state index in [2.05, 4.69) is 5.32 Å². The molecule has 0 radical (unpaired) electrons. The number of nitrogens with one attached hydrogen (secondary N) is 1. The first kappa shape index (κ1) is 19.3. The molecular weight excluding hydrogens is 354 g/mol. The molecule has 1 N–H and O–H groups in total. The van der Waals surface area contributed by atoms with E-state index in [9.17, 15) is 13.2 Å². The maximum absolute atomic E-state index is 12.7. The summed E-state index contributed by atoms with van der Waals surface area (Å²) in [5.74, 6) is -0.0321. The highest BCUT2D eigenvalue weighted by Gasteiger charge is 2.29. The first-order chi connectivity index (χ1) is 12.4. The molecule has 0 aromatic heterocycles. The fourth-order valence-corrected chi connectivity index (χ4v) is 4.70. The summed E-state index contributed by atoms with van der Waals surface area (Å²) in [4.78, 5) is 14.4. The third-order valence-electron chi connectivity index (χ3n) is 4.91. The number of sulfonamides is 1. The minimum atomic E-state index is -3.46. The number of amides is 1. The second kappa shape index (κ2) is 8.47. The maximum Gasteiger partial charge on any atom is 0.243 e. The van der Waals surface area contributed by atoms with E-state index < -0.39 is 10.0 Å². The molecule has 1 amide bonds. The number of hydrogen-bond donors (Lipinski definition) is 1. The van der Waals surface area contributed by atoms with Crippen LogP contribution in [-0.4, -0.2) is 75.5 Å². The summed E-state index contributed by atoms with van der Waals surface area (Å²) in [6, 6.07) is 6.91. The highest BCUT2D eigenvalue weighted by atomic mass is 32.2. The van der Waals surface area contributed by atoms with Gasteiger partial charge in [-0.2, -0.15) is 4.31 Å². The van der Waals surface area contributed by atoms with Crippen LogP contribution < -0.4 is 5.32 Å². The van der Waals surface area contributed by atoms with Crippen LogP contribution in [0.25, 0.3) is 0 Å². The van der Waals surface area contributed by atoms with Gasteiger partial charge in [0, 0.05) is 39.3 Å². The summed E-state index contributed by atoms with van der Waals surface area (Å²) in [5.41, 5.74) is 1.03. The summed E-state index contributed by atoms with van der Waals surface area (Å²) >= 11 is 0. The van der Waals surface area contributed by atoms with Crippen molar-refractivity contribution in [3.05, 3.63) is 29.8 Å². The second-order valence-electron chi connectivity index (χ2n) is 6.93. The predicted molar refractivity (Wildman–Crippen MR) is 98.4 cm³/mol. The molecule has 26 heavy (non-hydrogen) atoms. The van der Waals surface area contributed by atoms with Crippen LogP contribution in [0.3, 0.4) is 0 Å². The monoisotopic (exact) mass is 381 g/mol. The summed E-state index contributed by atoms with van der Waals surface area (Å²) < 4.78 is 32.4. The molecule has 0 saturated carbocycles. The van der Waals surface area contributed by atoms with Gasteiger partial charge in [0.1, 0.15) is 0 Å². The van der Waals surface area contributed by atoms with Crippen LogP contribution in [0.4, 0.5) is 0 Å². The minimum absolute atomic E-state index is 0.0321. The van der Waals surface area contributed by atoms with Gasteiger partial charge in [0.25, 0.3) is 0 Å². The van der Waals surface area contributed by atoms with E-state index in [1.54, 1.807) is 12.1 Å². The lowest BCUT2D eigenvalue weighted by Crippen LogP contribution is -2.51. The van der Waals surface area contributed by atoms with Gasteiger partial charge in [-0.25, -0.2) is 8.42 Å². The first-order valence-electron chi connectivity index (χ1n) is 9.12. The van der Waals surface area contributed by atoms with Crippen molar-refractivity contribution in [3.63, 3.8) is 0 Å². The Labute approximate surface area is 155 Å². The number of rotatable bonds is 6. The molecule has 2 saturated heterocycles. The number of carbonyl (C=O) groups is 1. The number of piperazine rings is 1. The van der Waals surface area contributed by atoms with Gasteiger partial charge in [0.2, 0.25) is 15.9 Å². The van der Waals surface area contributed by atoms with Gasteiger partial charge in [-0.3, -0.25) is 9.69 Å². The highest BCUT2D eigenvalue weighted by molar-refractivity contribution is 7.89. The quantitative estimate of drug-likeness (QED) is 0.781. The molecule has 1 aromatic carbocycles. The fraction of sp³-hybridized carbons (Fsp3) is 0.611. The third-order valence-corrected chi connectivity index (χ3v) is 6.82. The molecule has 0 unspecified atom stereocenters. The maximum atomic E-state index is 12.7. The Bertz CT molecular complexity index is 706. The molecular formula is C18H27N3O4S. The molecule has 7 nitrogen and oxygen atoms in total. The summed E-state index contributed by atoms with van der Waals surface area (Å²) in [7, 11) is -3.46. The lowest BCUT2D eigenvalue weighted by molar-refractivity contribution is -0.123. The molecule has 2 heterocycles. The zero-order valence-corrected chi connectivity index (χ0v) is 16.0. The number of aryl methyl sites for hydroxylation is 1. The van der Waals surface area contributed by atoms with Crippen LogP contribution in [0.15, 0.2) is 29.2 Å². The number of nitrogens with zero attached hydrogens (tertiary/aromatic N) is 2. The fourth-order valence-electron chi connectivity index (χ4n) is 3.28. The van der Waals surface area contributed by atoms with Crippen LogP contribution in [0, 0.1) is 6.92 Å². The van der Waals surface area contributed by atoms with Crippen LogP contribution in [0.5, 0.6) is 0 Å². The van der Waals surface area contributed by atoms with Gasteiger partial charge in [-0.1, -0.05) is 17.7 Å². The number of hydrogen-bond acceptors (Lipinski definition) is 5. The molecule has 0 bridgehead atoms. The normalized spacial score (nSPS) is 22.4. The molecule has 8 heteroatoms. The smallest absolute Gasteiger partial charge is 0.243 e. The third kappa shape index (κ3) is 4.82. The predicted octanol–water partition coefficient (Wildman–Crippen LogP) is 0.597. The van der Waals surface area contributed by atoms with Crippen LogP contribution >= 0.6 is 0 Å². The molecule has 1 atom stereocenters. The van der Waals surface area contributed by atoms with Crippen molar-refractivity contribution >= 4 is 15.9 Å². The SMILES string of the molecule is Cc1ccc(S(=O)(=O)N2CCN(CC(=O)NC[C@@H]3CCCO3)CC2)cc1. The lowest BCUT2D eigenvalue weighted by atomic mass is 10.2. The Morgan fingerprint density at radius 2 is 1.88 bits per heavy atom. The molecule has 2 aliphatic rings. The molecule has 1 aromatic rings. The molecule has 2 fully saturated rings. The summed E-state index contributed by atoms with van der Waals surface area (Å²) in [5, 5.41) is 2.91. The standard InChI is InChI=1S/C18H27N3O4S/c1-15-4-6-17(7-5-15)26(23,24)21-10-8-20(9-11-21)14-18(22)19-13-16-3-2-12-25-16/h4-7,16H,2-3,8-14H2,1H3,(H,19,22)/t16-/m0/s1. The molecule has 144 valence electrons. The van der Waals surface area contributed by atoms with Crippen LogP contribution in [-0.2, 0) is 19.6 Å². The topological polar surface area (TPSA) is 79.0 Å². The van der Waals surface area contributed by atoms with E-state index in [-0.39, 0.29) is 12.0 Å². The molecule has 3 rings (SSSR count). The van der Waals surface area contributed by atoms with E-state index in [1.807, 2.05) is 24.0 Å². The van der Waals surface area contributed by atoms with Gasteiger partial charge < -0.3 is 10.1 Å².